The van der Waals surface area contributed by atoms with Crippen LogP contribution in [0.2, 0.25) is 0 Å². The van der Waals surface area contributed by atoms with Crippen LogP contribution < -0.4 is 9.64 Å². The zero-order valence-electron chi connectivity index (χ0n) is 21.2. The van der Waals surface area contributed by atoms with E-state index in [2.05, 4.69) is 24.3 Å². The molecular weight excluding hydrogens is 467 g/mol. The molecule has 2 amide bonds. The summed E-state index contributed by atoms with van der Waals surface area (Å²) in [5, 5.41) is 0. The van der Waals surface area contributed by atoms with Gasteiger partial charge in [0.15, 0.2) is 0 Å². The lowest BCUT2D eigenvalue weighted by Crippen LogP contribution is -2.50. The minimum Gasteiger partial charge on any atom is -0.497 e. The number of carbonyl (C=O) groups is 2. The molecule has 0 unspecified atom stereocenters. The van der Waals surface area contributed by atoms with E-state index in [1.165, 1.54) is 17.7 Å². The second kappa shape index (κ2) is 11.2. The van der Waals surface area contributed by atoms with Gasteiger partial charge in [-0.15, -0.1) is 0 Å². The van der Waals surface area contributed by atoms with Gasteiger partial charge in [0.25, 0.3) is 0 Å². The van der Waals surface area contributed by atoms with Gasteiger partial charge in [-0.1, -0.05) is 42.5 Å². The van der Waals surface area contributed by atoms with E-state index >= 15 is 0 Å². The van der Waals surface area contributed by atoms with Gasteiger partial charge >= 0.3 is 0 Å². The number of halogens is 1. The van der Waals surface area contributed by atoms with E-state index in [0.29, 0.717) is 30.2 Å². The molecule has 5 nitrogen and oxygen atoms in total. The van der Waals surface area contributed by atoms with Crippen LogP contribution in [-0.2, 0) is 16.0 Å². The Hall–Kier alpha value is -3.67. The van der Waals surface area contributed by atoms with Crippen LogP contribution >= 0.6 is 0 Å². The van der Waals surface area contributed by atoms with Crippen LogP contribution in [0.1, 0.15) is 42.9 Å². The molecule has 0 spiro atoms. The molecule has 0 aliphatic carbocycles. The molecule has 0 saturated carbocycles. The van der Waals surface area contributed by atoms with E-state index < -0.39 is 12.0 Å². The highest BCUT2D eigenvalue weighted by Gasteiger charge is 2.43. The largest absolute Gasteiger partial charge is 0.497 e. The summed E-state index contributed by atoms with van der Waals surface area (Å²) < 4.78 is 19.1. The topological polar surface area (TPSA) is 49.9 Å². The maximum atomic E-state index is 13.9. The van der Waals surface area contributed by atoms with Crippen LogP contribution in [0.5, 0.6) is 5.75 Å². The first kappa shape index (κ1) is 25.0. The highest BCUT2D eigenvalue weighted by Crippen LogP contribution is 2.41. The fourth-order valence-corrected chi connectivity index (χ4v) is 5.78. The third kappa shape index (κ3) is 5.53. The number of hydrogen-bond acceptors (Lipinski definition) is 3. The molecule has 0 N–H and O–H groups in total. The third-order valence-electron chi connectivity index (χ3n) is 7.77. The summed E-state index contributed by atoms with van der Waals surface area (Å²) in [4.78, 5) is 30.9. The number of likely N-dealkylation sites (tertiary alicyclic amines) is 1. The monoisotopic (exact) mass is 500 g/mol. The van der Waals surface area contributed by atoms with Gasteiger partial charge in [0.1, 0.15) is 11.6 Å². The van der Waals surface area contributed by atoms with E-state index in [9.17, 15) is 14.0 Å². The number of nitrogens with zero attached hydrogens (tertiary/aromatic N) is 2. The molecule has 6 heteroatoms. The highest BCUT2D eigenvalue weighted by atomic mass is 19.1. The maximum Gasteiger partial charge on any atom is 0.228 e. The molecule has 2 fully saturated rings. The second-order valence-electron chi connectivity index (χ2n) is 10.1. The average Bonchev–Trinajstić information content (AvgIpc) is 2.94. The number of anilines is 1. The van der Waals surface area contributed by atoms with Gasteiger partial charge in [-0.3, -0.25) is 9.59 Å². The number of piperidine rings is 2. The number of ether oxygens (including phenoxy) is 1. The molecule has 3 aromatic carbocycles. The van der Waals surface area contributed by atoms with Crippen molar-refractivity contribution in [2.45, 2.75) is 38.1 Å². The average molecular weight is 501 g/mol. The fourth-order valence-electron chi connectivity index (χ4n) is 5.78. The number of benzene rings is 3. The Balaban J connectivity index is 1.38. The molecule has 37 heavy (non-hydrogen) atoms. The van der Waals surface area contributed by atoms with Gasteiger partial charge in [0.2, 0.25) is 11.8 Å². The first-order chi connectivity index (χ1) is 18.0. The lowest BCUT2D eigenvalue weighted by molar-refractivity contribution is -0.139. The number of methoxy groups -OCH3 is 1. The molecule has 5 rings (SSSR count). The zero-order chi connectivity index (χ0) is 25.8. The minimum atomic E-state index is -0.496. The van der Waals surface area contributed by atoms with Crippen LogP contribution in [0.3, 0.4) is 0 Å². The SMILES string of the molecule is COc1ccc(N2C(=O)CC[C@@H](C(=O)N3CCC(Cc4ccccc4)CC3)[C@H]2c2ccc(F)cc2)cc1. The van der Waals surface area contributed by atoms with Gasteiger partial charge in [-0.25, -0.2) is 4.39 Å². The standard InChI is InChI=1S/C31H33FN2O3/c1-37-27-13-11-26(12-14-27)34-29(35)16-15-28(30(34)24-7-9-25(32)10-8-24)31(36)33-19-17-23(18-20-33)21-22-5-3-2-4-6-22/h2-14,23,28,30H,15-21H2,1H3/t28-,30-/m1/s1. The molecule has 3 aromatic rings. The summed E-state index contributed by atoms with van der Waals surface area (Å²) in [6.07, 6.45) is 3.75. The van der Waals surface area contributed by atoms with Crippen LogP contribution in [0.25, 0.3) is 0 Å². The molecule has 2 atom stereocenters. The van der Waals surface area contributed by atoms with Crippen molar-refractivity contribution < 1.29 is 18.7 Å². The van der Waals surface area contributed by atoms with Crippen LogP contribution in [0.4, 0.5) is 10.1 Å². The highest BCUT2D eigenvalue weighted by molar-refractivity contribution is 5.97. The zero-order valence-corrected chi connectivity index (χ0v) is 21.2. The van der Waals surface area contributed by atoms with Crippen molar-refractivity contribution in [3.05, 3.63) is 95.8 Å². The van der Waals surface area contributed by atoms with Gasteiger partial charge in [-0.2, -0.15) is 0 Å². The number of amides is 2. The van der Waals surface area contributed by atoms with E-state index in [4.69, 9.17) is 4.74 Å². The molecule has 2 aliphatic rings. The van der Waals surface area contributed by atoms with Gasteiger partial charge in [-0.05, 0) is 79.1 Å². The predicted molar refractivity (Wildman–Crippen MR) is 142 cm³/mol. The predicted octanol–water partition coefficient (Wildman–Crippen LogP) is 5.80. The molecule has 0 aromatic heterocycles. The summed E-state index contributed by atoms with van der Waals surface area (Å²) in [7, 11) is 1.60. The Labute approximate surface area is 217 Å². The Morgan fingerprint density at radius 2 is 1.59 bits per heavy atom. The van der Waals surface area contributed by atoms with Crippen LogP contribution in [0.15, 0.2) is 78.9 Å². The molecule has 192 valence electrons. The van der Waals surface area contributed by atoms with E-state index in [1.807, 2.05) is 35.2 Å². The molecule has 2 saturated heterocycles. The smallest absolute Gasteiger partial charge is 0.228 e. The van der Waals surface area contributed by atoms with Gasteiger partial charge in [0.05, 0.1) is 19.1 Å². The van der Waals surface area contributed by atoms with Crippen molar-refractivity contribution in [1.29, 1.82) is 0 Å². The summed E-state index contributed by atoms with van der Waals surface area (Å²) in [5.74, 6) is 0.561. The van der Waals surface area contributed by atoms with Crippen molar-refractivity contribution in [3.63, 3.8) is 0 Å². The Bertz CT molecular complexity index is 1210. The normalized spacial score (nSPS) is 20.6. The first-order valence-electron chi connectivity index (χ1n) is 13.1. The number of hydrogen-bond donors (Lipinski definition) is 0. The van der Waals surface area contributed by atoms with E-state index in [0.717, 1.165) is 37.9 Å². The van der Waals surface area contributed by atoms with Crippen molar-refractivity contribution in [3.8, 4) is 5.75 Å². The lowest BCUT2D eigenvalue weighted by atomic mass is 9.82. The molecule has 2 heterocycles. The Kier molecular flexibility index (Phi) is 7.54. The number of rotatable bonds is 6. The fraction of sp³-hybridized carbons (Fsp3) is 0.355. The third-order valence-corrected chi connectivity index (χ3v) is 7.77. The van der Waals surface area contributed by atoms with Crippen molar-refractivity contribution in [2.24, 2.45) is 11.8 Å². The lowest BCUT2D eigenvalue weighted by Gasteiger charge is -2.43. The number of carbonyl (C=O) groups excluding carboxylic acids is 2. The second-order valence-corrected chi connectivity index (χ2v) is 10.1. The quantitative estimate of drug-likeness (QED) is 0.430. The molecular formula is C31H33FN2O3. The van der Waals surface area contributed by atoms with E-state index in [-0.39, 0.29) is 17.6 Å². The summed E-state index contributed by atoms with van der Waals surface area (Å²) in [6, 6.07) is 23.5. The van der Waals surface area contributed by atoms with E-state index in [1.54, 1.807) is 24.1 Å². The van der Waals surface area contributed by atoms with Crippen molar-refractivity contribution in [1.82, 2.24) is 4.90 Å². The van der Waals surface area contributed by atoms with Gasteiger partial charge < -0.3 is 14.5 Å². The van der Waals surface area contributed by atoms with Crippen LogP contribution in [-0.4, -0.2) is 36.9 Å². The molecule has 0 bridgehead atoms. The Morgan fingerprint density at radius 3 is 2.24 bits per heavy atom. The van der Waals surface area contributed by atoms with Crippen molar-refractivity contribution >= 4 is 17.5 Å². The Morgan fingerprint density at radius 1 is 0.919 bits per heavy atom. The summed E-state index contributed by atoms with van der Waals surface area (Å²) in [6.45, 7) is 1.44. The molecule has 0 radical (unpaired) electrons. The van der Waals surface area contributed by atoms with Crippen molar-refractivity contribution in [2.75, 3.05) is 25.1 Å². The van der Waals surface area contributed by atoms with Gasteiger partial charge in [0, 0.05) is 25.2 Å². The summed E-state index contributed by atoms with van der Waals surface area (Å²) >= 11 is 0. The first-order valence-corrected chi connectivity index (χ1v) is 13.1. The van der Waals surface area contributed by atoms with Crippen LogP contribution in [0, 0.1) is 17.7 Å². The minimum absolute atomic E-state index is 0.0369. The summed E-state index contributed by atoms with van der Waals surface area (Å²) in [5.41, 5.74) is 2.81. The maximum absolute atomic E-state index is 13.9. The molecule has 2 aliphatic heterocycles.